The minimum Gasteiger partial charge on any atom is -0.322 e. The summed E-state index contributed by atoms with van der Waals surface area (Å²) in [5.74, 6) is 0. The minimum absolute atomic E-state index is 0.325. The van der Waals surface area contributed by atoms with Crippen molar-refractivity contribution in [1.29, 1.82) is 5.41 Å². The van der Waals surface area contributed by atoms with Crippen LogP contribution in [-0.4, -0.2) is 30.7 Å². The number of hydrogen-bond donors (Lipinski definition) is 1. The maximum Gasteiger partial charge on any atom is 0.0900 e. The molecule has 0 fully saturated rings. The molecule has 0 aromatic carbocycles. The van der Waals surface area contributed by atoms with E-state index in [0.29, 0.717) is 6.04 Å². The van der Waals surface area contributed by atoms with Gasteiger partial charge >= 0.3 is 0 Å². The van der Waals surface area contributed by atoms with Crippen molar-refractivity contribution in [3.8, 4) is 0 Å². The molecule has 0 saturated carbocycles. The van der Waals surface area contributed by atoms with E-state index >= 15 is 0 Å². The maximum atomic E-state index is 6.90. The average Bonchev–Trinajstić information content (AvgIpc) is 1.82. The van der Waals surface area contributed by atoms with Gasteiger partial charge in [0.25, 0.3) is 0 Å². The van der Waals surface area contributed by atoms with Crippen molar-refractivity contribution < 1.29 is 0 Å². The highest BCUT2D eigenvalue weighted by Crippen LogP contribution is 1.88. The summed E-state index contributed by atoms with van der Waals surface area (Å²) in [5.41, 5.74) is 0. The van der Waals surface area contributed by atoms with Crippen molar-refractivity contribution in [2.75, 3.05) is 7.05 Å². The summed E-state index contributed by atoms with van der Waals surface area (Å²) >= 11 is 0. The molecule has 1 N–H and O–H groups in total. The first-order valence-electron chi connectivity index (χ1n) is 2.92. The number of nitrogens with zero attached hydrogens (tertiary/aromatic N) is 2. The van der Waals surface area contributed by atoms with Gasteiger partial charge in [0.2, 0.25) is 0 Å². The van der Waals surface area contributed by atoms with Crippen molar-refractivity contribution in [3.05, 3.63) is 0 Å². The van der Waals surface area contributed by atoms with Gasteiger partial charge in [0.1, 0.15) is 0 Å². The van der Waals surface area contributed by atoms with Gasteiger partial charge < -0.3 is 4.90 Å². The van der Waals surface area contributed by atoms with Crippen LogP contribution in [0, 0.1) is 5.41 Å². The summed E-state index contributed by atoms with van der Waals surface area (Å²) in [6, 6.07) is 0.325. The molecule has 0 heterocycles. The fourth-order valence-corrected chi connectivity index (χ4v) is 0.449. The van der Waals surface area contributed by atoms with Crippen LogP contribution in [0.15, 0.2) is 4.99 Å². The molecule has 9 heavy (non-hydrogen) atoms. The Kier molecular flexibility index (Phi) is 3.67. The monoisotopic (exact) mass is 127 g/mol. The van der Waals surface area contributed by atoms with E-state index in [1.807, 2.05) is 13.8 Å². The lowest BCUT2D eigenvalue weighted by molar-refractivity contribution is 0.522. The van der Waals surface area contributed by atoms with E-state index in [4.69, 9.17) is 5.41 Å². The highest BCUT2D eigenvalue weighted by molar-refractivity contribution is 5.73. The van der Waals surface area contributed by atoms with Gasteiger partial charge in [-0.3, -0.25) is 10.4 Å². The van der Waals surface area contributed by atoms with Crippen LogP contribution in [0.3, 0.4) is 0 Å². The van der Waals surface area contributed by atoms with Crippen LogP contribution in [-0.2, 0) is 0 Å². The summed E-state index contributed by atoms with van der Waals surface area (Å²) in [4.78, 5) is 5.50. The first-order valence-corrected chi connectivity index (χ1v) is 2.92. The van der Waals surface area contributed by atoms with Crippen molar-refractivity contribution in [3.63, 3.8) is 0 Å². The molecule has 3 heteroatoms. The van der Waals surface area contributed by atoms with Crippen molar-refractivity contribution in [1.82, 2.24) is 4.90 Å². The predicted octanol–water partition coefficient (Wildman–Crippen LogP) is 0.962. The Bertz CT molecular complexity index is 107. The highest BCUT2D eigenvalue weighted by Gasteiger charge is 1.97. The molecule has 52 valence electrons. The van der Waals surface area contributed by atoms with E-state index < -0.39 is 0 Å². The Morgan fingerprint density at radius 3 is 2.22 bits per heavy atom. The first-order chi connectivity index (χ1) is 4.22. The zero-order chi connectivity index (χ0) is 7.28. The normalized spacial score (nSPS) is 10.7. The third-order valence-electron chi connectivity index (χ3n) is 0.994. The molecular weight excluding hydrogens is 114 g/mol. The Morgan fingerprint density at radius 2 is 2.11 bits per heavy atom. The molecule has 0 radical (unpaired) electrons. The Morgan fingerprint density at radius 1 is 1.56 bits per heavy atom. The molecule has 0 amide bonds. The molecule has 0 unspecified atom stereocenters. The maximum absolute atomic E-state index is 6.90. The number of hydrogen-bond acceptors (Lipinski definition) is 2. The molecule has 0 aliphatic heterocycles. The molecule has 0 aromatic rings. The molecule has 0 aromatic heterocycles. The number of nitrogens with one attached hydrogen (secondary N) is 1. The molecule has 0 spiro atoms. The van der Waals surface area contributed by atoms with Gasteiger partial charge in [0, 0.05) is 13.1 Å². The fraction of sp³-hybridized carbons (Fsp3) is 0.667. The molecule has 0 rings (SSSR count). The minimum atomic E-state index is 0.325. The second kappa shape index (κ2) is 4.06. The van der Waals surface area contributed by atoms with E-state index in [1.54, 1.807) is 18.3 Å². The van der Waals surface area contributed by atoms with Gasteiger partial charge in [-0.1, -0.05) is 0 Å². The summed E-state index contributed by atoms with van der Waals surface area (Å²) < 4.78 is 0. The van der Waals surface area contributed by atoms with Gasteiger partial charge in [-0.05, 0) is 13.8 Å². The largest absolute Gasteiger partial charge is 0.322 e. The molecule has 0 aliphatic carbocycles. The van der Waals surface area contributed by atoms with Crippen LogP contribution < -0.4 is 0 Å². The standard InChI is InChI=1S/C6H13N3/c1-6(2)9(4-7)5-8-3/h4-7H,1-3H3. The summed E-state index contributed by atoms with van der Waals surface area (Å²) in [6.45, 7) is 4.01. The lowest BCUT2D eigenvalue weighted by Gasteiger charge is -2.16. The lowest BCUT2D eigenvalue weighted by atomic mass is 10.4. The molecule has 0 saturated heterocycles. The number of rotatable bonds is 3. The summed E-state index contributed by atoms with van der Waals surface area (Å²) in [7, 11) is 1.69. The molecular formula is C6H13N3. The van der Waals surface area contributed by atoms with E-state index in [2.05, 4.69) is 4.99 Å². The zero-order valence-corrected chi connectivity index (χ0v) is 6.13. The van der Waals surface area contributed by atoms with E-state index in [-0.39, 0.29) is 0 Å². The Labute approximate surface area is 55.9 Å². The molecule has 0 atom stereocenters. The third-order valence-corrected chi connectivity index (χ3v) is 0.994. The first kappa shape index (κ1) is 8.14. The molecule has 3 nitrogen and oxygen atoms in total. The zero-order valence-electron chi connectivity index (χ0n) is 6.13. The van der Waals surface area contributed by atoms with Crippen LogP contribution >= 0.6 is 0 Å². The lowest BCUT2D eigenvalue weighted by Crippen LogP contribution is -2.27. The fourth-order valence-electron chi connectivity index (χ4n) is 0.449. The quantitative estimate of drug-likeness (QED) is 0.445. The van der Waals surface area contributed by atoms with Gasteiger partial charge in [0.05, 0.1) is 12.7 Å². The van der Waals surface area contributed by atoms with Crippen LogP contribution in [0.25, 0.3) is 0 Å². The van der Waals surface area contributed by atoms with Crippen LogP contribution in [0.5, 0.6) is 0 Å². The summed E-state index contributed by atoms with van der Waals surface area (Å²) in [5, 5.41) is 6.90. The van der Waals surface area contributed by atoms with Gasteiger partial charge in [-0.15, -0.1) is 0 Å². The van der Waals surface area contributed by atoms with E-state index in [0.717, 1.165) is 0 Å². The summed E-state index contributed by atoms with van der Waals surface area (Å²) in [6.07, 6.45) is 2.90. The van der Waals surface area contributed by atoms with Crippen LogP contribution in [0.2, 0.25) is 0 Å². The Hall–Kier alpha value is -0.860. The smallest absolute Gasteiger partial charge is 0.0900 e. The Balaban J connectivity index is 3.82. The van der Waals surface area contributed by atoms with Gasteiger partial charge in [-0.25, -0.2) is 0 Å². The van der Waals surface area contributed by atoms with Crippen LogP contribution in [0.4, 0.5) is 0 Å². The van der Waals surface area contributed by atoms with Gasteiger partial charge in [-0.2, -0.15) is 0 Å². The molecule has 0 bridgehead atoms. The molecule has 0 aliphatic rings. The van der Waals surface area contributed by atoms with Gasteiger partial charge in [0.15, 0.2) is 0 Å². The van der Waals surface area contributed by atoms with Crippen molar-refractivity contribution in [2.24, 2.45) is 4.99 Å². The van der Waals surface area contributed by atoms with E-state index in [1.165, 1.54) is 6.34 Å². The van der Waals surface area contributed by atoms with Crippen molar-refractivity contribution in [2.45, 2.75) is 19.9 Å². The van der Waals surface area contributed by atoms with Crippen molar-refractivity contribution >= 4 is 12.7 Å². The third kappa shape index (κ3) is 2.85. The topological polar surface area (TPSA) is 39.5 Å². The van der Waals surface area contributed by atoms with E-state index in [9.17, 15) is 0 Å². The SMILES string of the molecule is CN=CN(C=N)C(C)C. The van der Waals surface area contributed by atoms with Crippen LogP contribution in [0.1, 0.15) is 13.8 Å². The number of aliphatic imine (C=N–C) groups is 1. The highest BCUT2D eigenvalue weighted by atomic mass is 15.2. The second-order valence-electron chi connectivity index (χ2n) is 2.04. The predicted molar refractivity (Wildman–Crippen MR) is 40.2 cm³/mol. The second-order valence-corrected chi connectivity index (χ2v) is 2.04. The average molecular weight is 127 g/mol.